The van der Waals surface area contributed by atoms with Crippen LogP contribution >= 0.6 is 0 Å². The topological polar surface area (TPSA) is 38.4 Å². The van der Waals surface area contributed by atoms with Crippen LogP contribution in [0.1, 0.15) is 25.0 Å². The Balaban J connectivity index is 1.11. The zero-order valence-corrected chi connectivity index (χ0v) is 37.1. The first-order chi connectivity index (χ1) is 32.0. The third kappa shape index (κ3) is 5.32. The van der Waals surface area contributed by atoms with E-state index in [0.29, 0.717) is 0 Å². The Morgan fingerprint density at radius 1 is 0.431 bits per heavy atom. The summed E-state index contributed by atoms with van der Waals surface area (Å²) in [4.78, 5) is 12.7. The Morgan fingerprint density at radius 2 is 1.08 bits per heavy atom. The summed E-state index contributed by atoms with van der Waals surface area (Å²) >= 11 is 0. The van der Waals surface area contributed by atoms with E-state index >= 15 is 0 Å². The Morgan fingerprint density at radius 3 is 1.88 bits per heavy atom. The molecule has 4 aromatic heterocycles. The van der Waals surface area contributed by atoms with Crippen molar-refractivity contribution in [2.75, 3.05) is 4.90 Å². The molecule has 1 aliphatic rings. The Kier molecular flexibility index (Phi) is 8.20. The monoisotopic (exact) mass is 849 g/mol. The van der Waals surface area contributed by atoms with Gasteiger partial charge < -0.3 is 4.90 Å². The number of benzene rings is 8. The molecule has 8 aromatic carbocycles. The summed E-state index contributed by atoms with van der Waals surface area (Å²) in [5.41, 5.74) is 11.2. The predicted octanol–water partition coefficient (Wildman–Crippen LogP) is 11.6. The highest BCUT2D eigenvalue weighted by Crippen LogP contribution is 2.55. The Hall–Kier alpha value is -8.06. The predicted molar refractivity (Wildman–Crippen MR) is 273 cm³/mol. The molecule has 1 aliphatic heterocycles. The summed E-state index contributed by atoms with van der Waals surface area (Å²) < 4.78 is 4.64. The summed E-state index contributed by atoms with van der Waals surface area (Å²) in [6.45, 7) is 4.73. The molecule has 0 N–H and O–H groups in total. The third-order valence-corrected chi connectivity index (χ3v) is 18.9. The van der Waals surface area contributed by atoms with Gasteiger partial charge in [0.15, 0.2) is 8.07 Å². The summed E-state index contributed by atoms with van der Waals surface area (Å²) in [5.74, 6) is 0. The van der Waals surface area contributed by atoms with Crippen LogP contribution in [0.4, 0.5) is 17.1 Å². The molecule has 0 radical (unpaired) electrons. The lowest BCUT2D eigenvalue weighted by atomic mass is 9.73. The second-order valence-electron chi connectivity index (χ2n) is 17.8. The molecule has 0 bridgehead atoms. The molecule has 5 nitrogen and oxygen atoms in total. The van der Waals surface area contributed by atoms with Crippen LogP contribution in [-0.4, -0.2) is 27.0 Å². The van der Waals surface area contributed by atoms with Crippen LogP contribution in [0.25, 0.3) is 54.9 Å². The number of hydrogen-bond acceptors (Lipinski definition) is 3. The van der Waals surface area contributed by atoms with Crippen molar-refractivity contribution in [3.63, 3.8) is 0 Å². The zero-order chi connectivity index (χ0) is 43.3. The van der Waals surface area contributed by atoms with Crippen molar-refractivity contribution in [2.24, 2.45) is 0 Å². The van der Waals surface area contributed by atoms with Gasteiger partial charge in [-0.15, -0.1) is 0 Å². The number of fused-ring (bicyclic) bond motifs is 12. The molecule has 0 aliphatic carbocycles. The summed E-state index contributed by atoms with van der Waals surface area (Å²) in [6.07, 6.45) is 5.94. The Labute approximate surface area is 378 Å². The lowest BCUT2D eigenvalue weighted by Crippen LogP contribution is -2.74. The van der Waals surface area contributed by atoms with Crippen LogP contribution in [0, 0.1) is 0 Å². The highest BCUT2D eigenvalue weighted by molar-refractivity contribution is 7.20. The molecule has 65 heavy (non-hydrogen) atoms. The van der Waals surface area contributed by atoms with Gasteiger partial charge in [0.25, 0.3) is 0 Å². The van der Waals surface area contributed by atoms with E-state index in [4.69, 9.17) is 9.97 Å². The molecule has 0 amide bonds. The molecular formula is C59H43N5Si. The van der Waals surface area contributed by atoms with Crippen LogP contribution in [-0.2, 0) is 5.41 Å². The van der Waals surface area contributed by atoms with Gasteiger partial charge in [0.05, 0.1) is 22.4 Å². The number of anilines is 3. The number of aromatic nitrogens is 4. The summed E-state index contributed by atoms with van der Waals surface area (Å²) in [5, 5.41) is 11.1. The average Bonchev–Trinajstić information content (AvgIpc) is 4.00. The molecule has 12 aromatic rings. The first-order valence-corrected chi connectivity index (χ1v) is 24.4. The second kappa shape index (κ2) is 14.2. The number of hydrogen-bond donors (Lipinski definition) is 0. The van der Waals surface area contributed by atoms with E-state index in [-0.39, 0.29) is 5.41 Å². The Bertz CT molecular complexity index is 3780. The third-order valence-electron chi connectivity index (χ3n) is 14.1. The maximum Gasteiger partial charge on any atom is 0.179 e. The molecular weight excluding hydrogens is 807 g/mol. The lowest BCUT2D eigenvalue weighted by Gasteiger charge is -2.42. The lowest BCUT2D eigenvalue weighted by molar-refractivity contribution is 0.633. The fourth-order valence-electron chi connectivity index (χ4n) is 11.3. The highest BCUT2D eigenvalue weighted by atomic mass is 28.3. The maximum atomic E-state index is 5.22. The number of imidazole rings is 1. The smallest absolute Gasteiger partial charge is 0.179 e. The van der Waals surface area contributed by atoms with Crippen LogP contribution in [0.3, 0.4) is 0 Å². The van der Waals surface area contributed by atoms with Crippen molar-refractivity contribution in [1.82, 2.24) is 18.9 Å². The number of nitrogens with zero attached hydrogens (tertiary/aromatic N) is 5. The van der Waals surface area contributed by atoms with E-state index in [1.54, 1.807) is 0 Å². The second-order valence-corrected chi connectivity index (χ2v) is 21.6. The van der Waals surface area contributed by atoms with E-state index in [0.717, 1.165) is 44.5 Å². The fraction of sp³-hybridized carbons (Fsp3) is 0.0508. The van der Waals surface area contributed by atoms with Crippen molar-refractivity contribution < 1.29 is 0 Å². The highest BCUT2D eigenvalue weighted by Gasteiger charge is 2.43. The normalized spacial score (nSPS) is 13.5. The van der Waals surface area contributed by atoms with Gasteiger partial charge in [-0.25, -0.2) is 9.97 Å². The largest absolute Gasteiger partial charge is 0.309 e. The van der Waals surface area contributed by atoms with Crippen LogP contribution < -0.4 is 25.6 Å². The molecule has 0 saturated heterocycles. The molecule has 6 heteroatoms. The van der Waals surface area contributed by atoms with E-state index in [9.17, 15) is 0 Å². The van der Waals surface area contributed by atoms with Gasteiger partial charge in [-0.2, -0.15) is 0 Å². The van der Waals surface area contributed by atoms with E-state index in [1.807, 2.05) is 12.4 Å². The molecule has 308 valence electrons. The van der Waals surface area contributed by atoms with Gasteiger partial charge >= 0.3 is 0 Å². The maximum absolute atomic E-state index is 5.22. The van der Waals surface area contributed by atoms with Crippen molar-refractivity contribution >= 4 is 95.1 Å². The van der Waals surface area contributed by atoms with Crippen molar-refractivity contribution in [3.05, 3.63) is 236 Å². The number of rotatable bonds is 6. The number of para-hydroxylation sites is 3. The molecule has 0 saturated carbocycles. The SMILES string of the molecule is CC1(C)c2ccccc2N(c2ccccc2)c2c1ccc1c2c2cccnc2n1-c1cccc([Si](c2ccccc2)(c2ccccc2)c2ccc3c4ccccc4n4ccnc4c3c2)c1. The minimum absolute atomic E-state index is 0.243. The van der Waals surface area contributed by atoms with Gasteiger partial charge in [-0.3, -0.25) is 8.97 Å². The summed E-state index contributed by atoms with van der Waals surface area (Å²) in [6, 6.07) is 76.4. The van der Waals surface area contributed by atoms with E-state index in [2.05, 4.69) is 240 Å². The van der Waals surface area contributed by atoms with Gasteiger partial charge in [-0.1, -0.05) is 166 Å². The molecule has 0 unspecified atom stereocenters. The number of pyridine rings is 2. The van der Waals surface area contributed by atoms with Crippen LogP contribution in [0.5, 0.6) is 0 Å². The van der Waals surface area contributed by atoms with Crippen molar-refractivity contribution in [1.29, 1.82) is 0 Å². The first kappa shape index (κ1) is 37.5. The van der Waals surface area contributed by atoms with Gasteiger partial charge in [0.2, 0.25) is 0 Å². The first-order valence-electron chi connectivity index (χ1n) is 22.4. The molecule has 5 heterocycles. The molecule has 13 rings (SSSR count). The van der Waals surface area contributed by atoms with Gasteiger partial charge in [-0.05, 0) is 91.9 Å². The van der Waals surface area contributed by atoms with Crippen LogP contribution in [0.2, 0.25) is 0 Å². The standard InChI is InChI=1S/C59H43N5Si/c1-59(2)50-28-13-15-30-53(50)63(40-18-6-3-7-19-40)56-51(59)33-34-54-55(56)48-27-17-35-60-58(48)64(54)41-20-16-25-44(38-41)65(42-21-8-4-9-22-42,43-23-10-5-11-24-43)45-31-32-46-47-26-12-14-29-52(47)62-37-36-61-57(62)49(46)39-45/h3-39H,1-2H3. The summed E-state index contributed by atoms with van der Waals surface area (Å²) in [7, 11) is -3.05. The minimum Gasteiger partial charge on any atom is -0.309 e. The molecule has 0 spiro atoms. The molecule has 0 atom stereocenters. The molecule has 0 fully saturated rings. The van der Waals surface area contributed by atoms with Gasteiger partial charge in [0.1, 0.15) is 11.3 Å². The fourth-order valence-corrected chi connectivity index (χ4v) is 16.1. The average molecular weight is 850 g/mol. The van der Waals surface area contributed by atoms with Crippen LogP contribution in [0.15, 0.2) is 225 Å². The zero-order valence-electron chi connectivity index (χ0n) is 36.1. The van der Waals surface area contributed by atoms with E-state index in [1.165, 1.54) is 59.4 Å². The minimum atomic E-state index is -3.05. The van der Waals surface area contributed by atoms with Crippen molar-refractivity contribution in [2.45, 2.75) is 19.3 Å². The van der Waals surface area contributed by atoms with E-state index < -0.39 is 8.07 Å². The quantitative estimate of drug-likeness (QED) is 0.0950. The van der Waals surface area contributed by atoms with Crippen molar-refractivity contribution in [3.8, 4) is 5.69 Å². The van der Waals surface area contributed by atoms with Gasteiger partial charge in [0, 0.05) is 56.9 Å².